The first-order valence-corrected chi connectivity index (χ1v) is 6.79. The predicted molar refractivity (Wildman–Crippen MR) is 65.2 cm³/mol. The van der Waals surface area contributed by atoms with Gasteiger partial charge in [0.2, 0.25) is 15.9 Å². The van der Waals surface area contributed by atoms with Crippen molar-refractivity contribution in [1.29, 1.82) is 0 Å². The van der Waals surface area contributed by atoms with E-state index in [1.165, 1.54) is 0 Å². The molecule has 1 amide bonds. The molecular weight excluding hydrogens is 242 g/mol. The molecule has 6 nitrogen and oxygen atoms in total. The molecule has 7 heteroatoms. The Morgan fingerprint density at radius 1 is 1.41 bits per heavy atom. The topological polar surface area (TPSA) is 101 Å². The molecule has 0 spiro atoms. The molecule has 1 aromatic carbocycles. The van der Waals surface area contributed by atoms with Crippen molar-refractivity contribution in [3.63, 3.8) is 0 Å². The van der Waals surface area contributed by atoms with Crippen LogP contribution < -0.4 is 15.8 Å². The van der Waals surface area contributed by atoms with Crippen molar-refractivity contribution >= 4 is 27.3 Å². The largest absolute Gasteiger partial charge is 0.329 e. The molecule has 0 unspecified atom stereocenters. The molecule has 92 valence electrons. The quantitative estimate of drug-likeness (QED) is 0.698. The first-order valence-electron chi connectivity index (χ1n) is 5.13. The van der Waals surface area contributed by atoms with E-state index in [2.05, 4.69) is 10.0 Å². The lowest BCUT2D eigenvalue weighted by atomic mass is 10.1. The van der Waals surface area contributed by atoms with E-state index in [9.17, 15) is 13.2 Å². The average molecular weight is 255 g/mol. The van der Waals surface area contributed by atoms with E-state index >= 15 is 0 Å². The SMILES string of the molecule is NCCS(=O)(=O)Nc1ccc2c(c1)CC(=O)N2. The smallest absolute Gasteiger partial charge is 0.233 e. The highest BCUT2D eigenvalue weighted by Gasteiger charge is 2.18. The van der Waals surface area contributed by atoms with E-state index in [4.69, 9.17) is 5.73 Å². The van der Waals surface area contributed by atoms with Crippen LogP contribution in [0.15, 0.2) is 18.2 Å². The summed E-state index contributed by atoms with van der Waals surface area (Å²) < 4.78 is 25.4. The van der Waals surface area contributed by atoms with Crippen LogP contribution in [0.5, 0.6) is 0 Å². The molecule has 1 aliphatic rings. The highest BCUT2D eigenvalue weighted by molar-refractivity contribution is 7.92. The van der Waals surface area contributed by atoms with Crippen LogP contribution >= 0.6 is 0 Å². The number of fused-ring (bicyclic) bond motifs is 1. The van der Waals surface area contributed by atoms with Gasteiger partial charge in [-0.1, -0.05) is 0 Å². The van der Waals surface area contributed by atoms with Crippen molar-refractivity contribution in [3.8, 4) is 0 Å². The van der Waals surface area contributed by atoms with Crippen molar-refractivity contribution in [1.82, 2.24) is 0 Å². The van der Waals surface area contributed by atoms with Crippen LogP contribution in [0.4, 0.5) is 11.4 Å². The molecule has 1 aliphatic heterocycles. The average Bonchev–Trinajstić information content (AvgIpc) is 2.56. The van der Waals surface area contributed by atoms with Crippen molar-refractivity contribution in [2.75, 3.05) is 22.3 Å². The molecule has 0 atom stereocenters. The number of hydrogen-bond donors (Lipinski definition) is 3. The maximum atomic E-state index is 11.5. The molecule has 0 saturated heterocycles. The monoisotopic (exact) mass is 255 g/mol. The van der Waals surface area contributed by atoms with Gasteiger partial charge in [0.15, 0.2) is 0 Å². The van der Waals surface area contributed by atoms with Gasteiger partial charge in [-0.2, -0.15) is 0 Å². The predicted octanol–water partition coefficient (Wildman–Crippen LogP) is -0.118. The second-order valence-electron chi connectivity index (χ2n) is 3.81. The summed E-state index contributed by atoms with van der Waals surface area (Å²) in [5, 5.41) is 2.68. The number of benzene rings is 1. The summed E-state index contributed by atoms with van der Waals surface area (Å²) in [7, 11) is -3.40. The van der Waals surface area contributed by atoms with Crippen LogP contribution in [-0.2, 0) is 21.2 Å². The number of rotatable bonds is 4. The molecule has 0 aliphatic carbocycles. The summed E-state index contributed by atoms with van der Waals surface area (Å²) in [4.78, 5) is 11.1. The minimum Gasteiger partial charge on any atom is -0.329 e. The second-order valence-corrected chi connectivity index (χ2v) is 5.65. The summed E-state index contributed by atoms with van der Waals surface area (Å²) in [5.41, 5.74) is 7.18. The Bertz CT molecular complexity index is 554. The summed E-state index contributed by atoms with van der Waals surface area (Å²) in [5.74, 6) is -0.205. The van der Waals surface area contributed by atoms with E-state index < -0.39 is 10.0 Å². The fourth-order valence-electron chi connectivity index (χ4n) is 1.68. The van der Waals surface area contributed by atoms with Crippen LogP contribution in [0.3, 0.4) is 0 Å². The zero-order valence-electron chi connectivity index (χ0n) is 9.06. The normalized spacial score (nSPS) is 14.3. The van der Waals surface area contributed by atoms with Gasteiger partial charge in [-0.05, 0) is 23.8 Å². The van der Waals surface area contributed by atoms with Gasteiger partial charge in [0.25, 0.3) is 0 Å². The molecule has 0 radical (unpaired) electrons. The Kier molecular flexibility index (Phi) is 3.03. The van der Waals surface area contributed by atoms with Crippen LogP contribution in [0.1, 0.15) is 5.56 Å². The lowest BCUT2D eigenvalue weighted by Crippen LogP contribution is -2.22. The van der Waals surface area contributed by atoms with E-state index in [1.54, 1.807) is 18.2 Å². The third kappa shape index (κ3) is 2.75. The van der Waals surface area contributed by atoms with E-state index in [-0.39, 0.29) is 24.6 Å². The van der Waals surface area contributed by atoms with Gasteiger partial charge in [0.05, 0.1) is 12.2 Å². The Morgan fingerprint density at radius 2 is 2.18 bits per heavy atom. The number of carbonyl (C=O) groups excluding carboxylic acids is 1. The first kappa shape index (κ1) is 11.9. The number of anilines is 2. The standard InChI is InChI=1S/C10H13N3O3S/c11-3-4-17(15,16)13-8-1-2-9-7(5-8)6-10(14)12-9/h1-2,5,13H,3-4,6,11H2,(H,12,14). The molecule has 0 fully saturated rings. The Hall–Kier alpha value is -1.60. The Morgan fingerprint density at radius 3 is 2.88 bits per heavy atom. The number of sulfonamides is 1. The van der Waals surface area contributed by atoms with Crippen molar-refractivity contribution in [2.45, 2.75) is 6.42 Å². The third-order valence-electron chi connectivity index (χ3n) is 2.39. The number of amides is 1. The molecule has 17 heavy (non-hydrogen) atoms. The minimum atomic E-state index is -3.40. The highest BCUT2D eigenvalue weighted by Crippen LogP contribution is 2.26. The lowest BCUT2D eigenvalue weighted by Gasteiger charge is -2.08. The summed E-state index contributed by atoms with van der Waals surface area (Å²) in [6.45, 7) is 0.0698. The fraction of sp³-hybridized carbons (Fsp3) is 0.300. The molecule has 1 aromatic rings. The molecular formula is C10H13N3O3S. The van der Waals surface area contributed by atoms with Crippen molar-refractivity contribution < 1.29 is 13.2 Å². The Balaban J connectivity index is 2.20. The van der Waals surface area contributed by atoms with Crippen LogP contribution in [0.25, 0.3) is 0 Å². The number of hydrogen-bond acceptors (Lipinski definition) is 4. The van der Waals surface area contributed by atoms with Crippen LogP contribution in [0, 0.1) is 0 Å². The zero-order valence-corrected chi connectivity index (χ0v) is 9.88. The van der Waals surface area contributed by atoms with E-state index in [1.807, 2.05) is 0 Å². The summed E-state index contributed by atoms with van der Waals surface area (Å²) in [6.07, 6.45) is 0.280. The molecule has 0 saturated carbocycles. The maximum absolute atomic E-state index is 11.5. The third-order valence-corrected chi connectivity index (χ3v) is 3.71. The van der Waals surface area contributed by atoms with Gasteiger partial charge >= 0.3 is 0 Å². The van der Waals surface area contributed by atoms with Gasteiger partial charge < -0.3 is 11.1 Å². The second kappa shape index (κ2) is 4.34. The molecule has 1 heterocycles. The molecule has 0 bridgehead atoms. The molecule has 2 rings (SSSR count). The first-order chi connectivity index (χ1) is 8.00. The number of nitrogens with one attached hydrogen (secondary N) is 2. The van der Waals surface area contributed by atoms with E-state index in [0.717, 1.165) is 11.3 Å². The van der Waals surface area contributed by atoms with Gasteiger partial charge in [0.1, 0.15) is 0 Å². The van der Waals surface area contributed by atoms with Crippen molar-refractivity contribution in [2.24, 2.45) is 5.73 Å². The summed E-state index contributed by atoms with van der Waals surface area (Å²) in [6, 6.07) is 4.94. The zero-order chi connectivity index (χ0) is 12.5. The van der Waals surface area contributed by atoms with Gasteiger partial charge in [-0.15, -0.1) is 0 Å². The van der Waals surface area contributed by atoms with Gasteiger partial charge in [-0.3, -0.25) is 9.52 Å². The summed E-state index contributed by atoms with van der Waals surface area (Å²) >= 11 is 0. The highest BCUT2D eigenvalue weighted by atomic mass is 32.2. The maximum Gasteiger partial charge on any atom is 0.233 e. The Labute approximate surface area is 99.2 Å². The number of carbonyl (C=O) groups is 1. The molecule has 4 N–H and O–H groups in total. The van der Waals surface area contributed by atoms with Crippen molar-refractivity contribution in [3.05, 3.63) is 23.8 Å². The molecule has 0 aromatic heterocycles. The van der Waals surface area contributed by atoms with Gasteiger partial charge in [0, 0.05) is 17.9 Å². The van der Waals surface area contributed by atoms with E-state index in [0.29, 0.717) is 5.69 Å². The lowest BCUT2D eigenvalue weighted by molar-refractivity contribution is -0.115. The van der Waals surface area contributed by atoms with Crippen LogP contribution in [0.2, 0.25) is 0 Å². The fourth-order valence-corrected chi connectivity index (χ4v) is 2.58. The number of nitrogens with two attached hydrogens (primary N) is 1. The van der Waals surface area contributed by atoms with Crippen LogP contribution in [-0.4, -0.2) is 26.6 Å². The minimum absolute atomic E-state index is 0.0698. The van der Waals surface area contributed by atoms with Gasteiger partial charge in [-0.25, -0.2) is 8.42 Å².